The van der Waals surface area contributed by atoms with Crippen LogP contribution in [0.2, 0.25) is 0 Å². The molecule has 2 heterocycles. The van der Waals surface area contributed by atoms with Gasteiger partial charge in [-0.05, 0) is 17.7 Å². The van der Waals surface area contributed by atoms with Gasteiger partial charge in [0.15, 0.2) is 0 Å². The Bertz CT molecular complexity index is 562. The fourth-order valence-electron chi connectivity index (χ4n) is 1.85. The van der Waals surface area contributed by atoms with E-state index in [-0.39, 0.29) is 6.04 Å². The number of rotatable bonds is 2. The van der Waals surface area contributed by atoms with Gasteiger partial charge in [0.2, 0.25) is 0 Å². The van der Waals surface area contributed by atoms with Crippen LogP contribution in [-0.4, -0.2) is 23.5 Å². The van der Waals surface area contributed by atoms with E-state index in [1.807, 2.05) is 36.7 Å². The Morgan fingerprint density at radius 2 is 2.29 bits per heavy atom. The average molecular weight is 221 g/mol. The highest BCUT2D eigenvalue weighted by atomic mass is 14.8. The van der Waals surface area contributed by atoms with E-state index in [0.29, 0.717) is 0 Å². The van der Waals surface area contributed by atoms with E-state index < -0.39 is 0 Å². The molecule has 0 bridgehead atoms. The summed E-state index contributed by atoms with van der Waals surface area (Å²) in [6.07, 6.45) is 15.4. The zero-order chi connectivity index (χ0) is 11.5. The third-order valence-electron chi connectivity index (χ3n) is 2.71. The number of aliphatic imine (C=N–C) groups is 2. The monoisotopic (exact) mass is 221 g/mol. The summed E-state index contributed by atoms with van der Waals surface area (Å²) in [5.74, 6) is 0. The third-order valence-corrected chi connectivity index (χ3v) is 2.71. The van der Waals surface area contributed by atoms with Crippen LogP contribution in [0, 0.1) is 0 Å². The predicted molar refractivity (Wildman–Crippen MR) is 70.0 cm³/mol. The van der Waals surface area contributed by atoms with Gasteiger partial charge in [0, 0.05) is 24.2 Å². The van der Waals surface area contributed by atoms with Crippen LogP contribution in [-0.2, 0) is 0 Å². The van der Waals surface area contributed by atoms with Crippen LogP contribution in [0.15, 0.2) is 70.0 Å². The number of hydrogen-bond donors (Lipinski definition) is 0. The average Bonchev–Trinajstić information content (AvgIpc) is 2.81. The maximum absolute atomic E-state index is 4.41. The first-order valence-electron chi connectivity index (χ1n) is 5.50. The zero-order valence-corrected chi connectivity index (χ0v) is 9.19. The van der Waals surface area contributed by atoms with Gasteiger partial charge in [-0.3, -0.25) is 15.0 Å². The Morgan fingerprint density at radius 3 is 3.18 bits per heavy atom. The predicted octanol–water partition coefficient (Wildman–Crippen LogP) is 2.66. The van der Waals surface area contributed by atoms with Crippen molar-refractivity contribution in [3.8, 4) is 0 Å². The van der Waals surface area contributed by atoms with Crippen molar-refractivity contribution in [2.75, 3.05) is 0 Å². The molecule has 1 aliphatic heterocycles. The molecule has 0 radical (unpaired) electrons. The molecule has 3 nitrogen and oxygen atoms in total. The SMILES string of the molecule is C1=CC2=C(C=Nc3cccnc3)C=NC2C=C1. The van der Waals surface area contributed by atoms with Gasteiger partial charge in [0.05, 0.1) is 17.9 Å². The van der Waals surface area contributed by atoms with Crippen LogP contribution >= 0.6 is 0 Å². The van der Waals surface area contributed by atoms with Crippen LogP contribution in [0.5, 0.6) is 0 Å². The lowest BCUT2D eigenvalue weighted by atomic mass is 10.0. The van der Waals surface area contributed by atoms with Crippen molar-refractivity contribution >= 4 is 18.1 Å². The summed E-state index contributed by atoms with van der Waals surface area (Å²) in [5.41, 5.74) is 3.13. The highest BCUT2D eigenvalue weighted by Gasteiger charge is 2.17. The second-order valence-electron chi connectivity index (χ2n) is 3.85. The number of allylic oxidation sites excluding steroid dienone is 3. The van der Waals surface area contributed by atoms with Gasteiger partial charge in [0.1, 0.15) is 0 Å². The lowest BCUT2D eigenvalue weighted by molar-refractivity contribution is 1.000. The van der Waals surface area contributed by atoms with Gasteiger partial charge in [-0.25, -0.2) is 0 Å². The highest BCUT2D eigenvalue weighted by Crippen LogP contribution is 2.23. The van der Waals surface area contributed by atoms with E-state index in [1.54, 1.807) is 12.4 Å². The molecule has 1 aromatic heterocycles. The van der Waals surface area contributed by atoms with Gasteiger partial charge in [-0.2, -0.15) is 0 Å². The quantitative estimate of drug-likeness (QED) is 0.707. The first-order chi connectivity index (χ1) is 8.43. The summed E-state index contributed by atoms with van der Waals surface area (Å²) in [7, 11) is 0. The summed E-state index contributed by atoms with van der Waals surface area (Å²) in [5, 5.41) is 0. The molecule has 1 aliphatic carbocycles. The summed E-state index contributed by atoms with van der Waals surface area (Å²) < 4.78 is 0. The number of nitrogens with zero attached hydrogens (tertiary/aromatic N) is 3. The second kappa shape index (κ2) is 4.29. The number of fused-ring (bicyclic) bond motifs is 1. The molecule has 2 aliphatic rings. The van der Waals surface area contributed by atoms with Crippen LogP contribution in [0.25, 0.3) is 0 Å². The van der Waals surface area contributed by atoms with Crippen molar-refractivity contribution in [2.45, 2.75) is 6.04 Å². The van der Waals surface area contributed by atoms with E-state index in [9.17, 15) is 0 Å². The Morgan fingerprint density at radius 1 is 1.29 bits per heavy atom. The van der Waals surface area contributed by atoms with Crippen LogP contribution < -0.4 is 0 Å². The van der Waals surface area contributed by atoms with E-state index >= 15 is 0 Å². The molecule has 1 unspecified atom stereocenters. The van der Waals surface area contributed by atoms with Crippen LogP contribution in [0.3, 0.4) is 0 Å². The Kier molecular flexibility index (Phi) is 2.50. The summed E-state index contributed by atoms with van der Waals surface area (Å²) >= 11 is 0. The Hall–Kier alpha value is -2.29. The lowest BCUT2D eigenvalue weighted by Gasteiger charge is -2.07. The minimum Gasteiger partial charge on any atom is -0.280 e. The molecular weight excluding hydrogens is 210 g/mol. The lowest BCUT2D eigenvalue weighted by Crippen LogP contribution is -2.02. The molecule has 3 heteroatoms. The van der Waals surface area contributed by atoms with Crippen molar-refractivity contribution in [2.24, 2.45) is 9.98 Å². The number of pyridine rings is 1. The van der Waals surface area contributed by atoms with Gasteiger partial charge >= 0.3 is 0 Å². The first kappa shape index (κ1) is 9.90. The van der Waals surface area contributed by atoms with Crippen molar-refractivity contribution < 1.29 is 0 Å². The van der Waals surface area contributed by atoms with Gasteiger partial charge in [-0.15, -0.1) is 0 Å². The van der Waals surface area contributed by atoms with Crippen molar-refractivity contribution in [1.82, 2.24) is 4.98 Å². The van der Waals surface area contributed by atoms with E-state index in [4.69, 9.17) is 0 Å². The number of hydrogen-bond acceptors (Lipinski definition) is 3. The molecule has 1 aromatic rings. The fraction of sp³-hybridized carbons (Fsp3) is 0.0714. The summed E-state index contributed by atoms with van der Waals surface area (Å²) in [4.78, 5) is 12.8. The molecule has 0 spiro atoms. The van der Waals surface area contributed by atoms with Gasteiger partial charge in [-0.1, -0.05) is 24.3 Å². The largest absolute Gasteiger partial charge is 0.280 e. The molecule has 3 rings (SSSR count). The Balaban J connectivity index is 1.87. The molecule has 0 aromatic carbocycles. The smallest absolute Gasteiger partial charge is 0.0940 e. The van der Waals surface area contributed by atoms with Gasteiger partial charge < -0.3 is 0 Å². The minimum absolute atomic E-state index is 0.176. The van der Waals surface area contributed by atoms with Crippen molar-refractivity contribution in [1.29, 1.82) is 0 Å². The maximum Gasteiger partial charge on any atom is 0.0940 e. The van der Waals surface area contributed by atoms with Crippen molar-refractivity contribution in [3.63, 3.8) is 0 Å². The molecule has 17 heavy (non-hydrogen) atoms. The Labute approximate surface area is 99.6 Å². The van der Waals surface area contributed by atoms with Crippen LogP contribution in [0.1, 0.15) is 0 Å². The molecule has 0 amide bonds. The summed E-state index contributed by atoms with van der Waals surface area (Å²) in [6.45, 7) is 0. The normalized spacial score (nSPS) is 21.5. The molecule has 1 atom stereocenters. The highest BCUT2D eigenvalue weighted by molar-refractivity contribution is 6.08. The second-order valence-corrected chi connectivity index (χ2v) is 3.85. The first-order valence-corrected chi connectivity index (χ1v) is 5.50. The zero-order valence-electron chi connectivity index (χ0n) is 9.19. The topological polar surface area (TPSA) is 37.6 Å². The molecular formula is C14H11N3. The minimum atomic E-state index is 0.176. The number of aromatic nitrogens is 1. The molecule has 82 valence electrons. The van der Waals surface area contributed by atoms with Gasteiger partial charge in [0.25, 0.3) is 0 Å². The molecule has 0 fully saturated rings. The summed E-state index contributed by atoms with van der Waals surface area (Å²) in [6, 6.07) is 3.98. The molecule has 0 N–H and O–H groups in total. The maximum atomic E-state index is 4.41. The van der Waals surface area contributed by atoms with E-state index in [2.05, 4.69) is 27.1 Å². The van der Waals surface area contributed by atoms with Crippen molar-refractivity contribution in [3.05, 3.63) is 60.0 Å². The third kappa shape index (κ3) is 1.99. The van der Waals surface area contributed by atoms with E-state index in [1.165, 1.54) is 5.57 Å². The van der Waals surface area contributed by atoms with E-state index in [0.717, 1.165) is 11.3 Å². The molecule has 0 saturated carbocycles. The standard InChI is InChI=1S/C14H11N3/c1-2-6-14-13(5-1)11(9-17-14)8-16-12-4-3-7-15-10-12/h1-10,14H. The van der Waals surface area contributed by atoms with Crippen LogP contribution in [0.4, 0.5) is 5.69 Å². The fourth-order valence-corrected chi connectivity index (χ4v) is 1.85. The molecule has 0 saturated heterocycles.